The quantitative estimate of drug-likeness (QED) is 0.471. The molecule has 0 aromatic heterocycles. The third kappa shape index (κ3) is 3.32. The van der Waals surface area contributed by atoms with Gasteiger partial charge in [-0.05, 0) is 49.0 Å². The van der Waals surface area contributed by atoms with E-state index in [9.17, 15) is 4.79 Å². The van der Waals surface area contributed by atoms with Gasteiger partial charge in [0.05, 0.1) is 5.41 Å². The summed E-state index contributed by atoms with van der Waals surface area (Å²) in [4.78, 5) is 13.8. The number of fused-ring (bicyclic) bond motifs is 2. The van der Waals surface area contributed by atoms with Crippen molar-refractivity contribution in [3.63, 3.8) is 0 Å². The maximum Gasteiger partial charge on any atom is 0.146 e. The molecule has 1 heteroatoms. The van der Waals surface area contributed by atoms with Gasteiger partial charge in [-0.25, -0.2) is 0 Å². The molecule has 27 heavy (non-hydrogen) atoms. The van der Waals surface area contributed by atoms with E-state index in [4.69, 9.17) is 0 Å². The van der Waals surface area contributed by atoms with Gasteiger partial charge in [-0.2, -0.15) is 0 Å². The molecule has 2 aliphatic rings. The number of unbranched alkanes of at least 4 members (excludes halogenated alkanes) is 1. The molecule has 148 valence electrons. The van der Waals surface area contributed by atoms with Crippen LogP contribution in [-0.4, -0.2) is 5.78 Å². The van der Waals surface area contributed by atoms with Crippen molar-refractivity contribution in [2.45, 2.75) is 79.6 Å². The van der Waals surface area contributed by atoms with Crippen molar-refractivity contribution in [3.8, 4) is 0 Å². The summed E-state index contributed by atoms with van der Waals surface area (Å²) >= 11 is 0. The Morgan fingerprint density at radius 2 is 1.93 bits per heavy atom. The summed E-state index contributed by atoms with van der Waals surface area (Å²) in [5.41, 5.74) is 2.33. The Kier molecular flexibility index (Phi) is 5.99. The fourth-order valence-corrected chi connectivity index (χ4v) is 6.45. The van der Waals surface area contributed by atoms with Crippen molar-refractivity contribution in [1.82, 2.24) is 0 Å². The Morgan fingerprint density at radius 3 is 2.56 bits per heavy atom. The number of hydrogen-bond donors (Lipinski definition) is 0. The summed E-state index contributed by atoms with van der Waals surface area (Å²) in [6, 6.07) is 10.5. The van der Waals surface area contributed by atoms with Gasteiger partial charge in [0.1, 0.15) is 5.78 Å². The Labute approximate surface area is 166 Å². The van der Waals surface area contributed by atoms with Gasteiger partial charge >= 0.3 is 0 Å². The summed E-state index contributed by atoms with van der Waals surface area (Å²) in [6.45, 7) is 11.5. The van der Waals surface area contributed by atoms with E-state index in [1.54, 1.807) is 0 Å². The largest absolute Gasteiger partial charge is 0.298 e. The third-order valence-corrected chi connectivity index (χ3v) is 8.09. The molecule has 2 fully saturated rings. The number of Topliss-reactive ketones (excluding diaryl/α,β-unsaturated/α-hetero) is 1. The summed E-state index contributed by atoms with van der Waals surface area (Å²) in [5.74, 6) is 2.10. The van der Waals surface area contributed by atoms with Crippen LogP contribution in [0.2, 0.25) is 0 Å². The number of carbonyl (C=O) groups excluding carboxylic acids is 1. The molecule has 0 aliphatic heterocycles. The lowest BCUT2D eigenvalue weighted by molar-refractivity contribution is -0.131. The second kappa shape index (κ2) is 7.94. The first-order valence-corrected chi connectivity index (χ1v) is 11.2. The number of benzene rings is 1. The lowest BCUT2D eigenvalue weighted by atomic mass is 9.64. The van der Waals surface area contributed by atoms with Crippen LogP contribution in [0.4, 0.5) is 0 Å². The summed E-state index contributed by atoms with van der Waals surface area (Å²) in [5, 5.41) is 0. The highest BCUT2D eigenvalue weighted by molar-refractivity contribution is 5.95. The Hall–Kier alpha value is -1.37. The fraction of sp³-hybridized carbons (Fsp3) is 0.654. The van der Waals surface area contributed by atoms with Gasteiger partial charge in [0.15, 0.2) is 0 Å². The third-order valence-electron chi connectivity index (χ3n) is 8.09. The maximum atomic E-state index is 13.8. The average molecular weight is 367 g/mol. The molecule has 2 saturated carbocycles. The first-order valence-electron chi connectivity index (χ1n) is 11.2. The van der Waals surface area contributed by atoms with Crippen LogP contribution >= 0.6 is 0 Å². The minimum Gasteiger partial charge on any atom is -0.298 e. The number of ketones is 1. The van der Waals surface area contributed by atoms with E-state index in [0.717, 1.165) is 12.8 Å². The highest BCUT2D eigenvalue weighted by Crippen LogP contribution is 2.69. The van der Waals surface area contributed by atoms with Crippen molar-refractivity contribution in [1.29, 1.82) is 0 Å². The van der Waals surface area contributed by atoms with Crippen LogP contribution < -0.4 is 0 Å². The topological polar surface area (TPSA) is 17.1 Å². The monoisotopic (exact) mass is 366 g/mol. The molecule has 0 spiro atoms. The number of allylic oxidation sites excluding steroid dienone is 1. The van der Waals surface area contributed by atoms with Crippen LogP contribution in [0.1, 0.15) is 85.1 Å². The van der Waals surface area contributed by atoms with Crippen LogP contribution in [0.3, 0.4) is 0 Å². The van der Waals surface area contributed by atoms with E-state index in [2.05, 4.69) is 71.0 Å². The van der Waals surface area contributed by atoms with Crippen molar-refractivity contribution in [2.75, 3.05) is 0 Å². The molecule has 2 bridgehead atoms. The zero-order valence-corrected chi connectivity index (χ0v) is 18.1. The number of rotatable bonds is 8. The van der Waals surface area contributed by atoms with E-state index in [1.165, 1.54) is 43.2 Å². The average Bonchev–Trinajstić information content (AvgIpc) is 3.01. The van der Waals surface area contributed by atoms with Gasteiger partial charge in [-0.15, -0.1) is 0 Å². The van der Waals surface area contributed by atoms with E-state index >= 15 is 0 Å². The number of carbonyl (C=O) groups is 1. The lowest BCUT2D eigenvalue weighted by Crippen LogP contribution is -2.38. The second-order valence-electron chi connectivity index (χ2n) is 9.63. The van der Waals surface area contributed by atoms with Crippen LogP contribution in [0.15, 0.2) is 35.9 Å². The van der Waals surface area contributed by atoms with Gasteiger partial charge in [-0.1, -0.05) is 95.4 Å². The molecule has 1 nitrogen and oxygen atoms in total. The van der Waals surface area contributed by atoms with Gasteiger partial charge in [0.2, 0.25) is 0 Å². The second-order valence-corrected chi connectivity index (χ2v) is 9.63. The minimum absolute atomic E-state index is 0.0765. The molecule has 4 atom stereocenters. The molecular weight excluding hydrogens is 328 g/mol. The fourth-order valence-electron chi connectivity index (χ4n) is 6.45. The normalized spacial score (nSPS) is 30.7. The zero-order valence-electron chi connectivity index (χ0n) is 18.1. The molecule has 3 rings (SSSR count). The SMILES string of the molecule is CCCCC(CC)CC1C(=O)C2(C(C)=Cc3ccccc3)CCC1C2(C)C. The molecule has 0 amide bonds. The predicted molar refractivity (Wildman–Crippen MR) is 115 cm³/mol. The van der Waals surface area contributed by atoms with Crippen LogP contribution in [0.25, 0.3) is 6.08 Å². The van der Waals surface area contributed by atoms with Crippen molar-refractivity contribution < 1.29 is 4.79 Å². The Morgan fingerprint density at radius 1 is 1.22 bits per heavy atom. The summed E-state index contributed by atoms with van der Waals surface area (Å²) < 4.78 is 0. The predicted octanol–water partition coefficient (Wildman–Crippen LogP) is 7.32. The molecule has 1 aromatic carbocycles. The Bertz CT molecular complexity index is 683. The van der Waals surface area contributed by atoms with Crippen LogP contribution in [0.5, 0.6) is 0 Å². The smallest absolute Gasteiger partial charge is 0.146 e. The first kappa shape index (κ1) is 20.4. The Balaban J connectivity index is 1.90. The maximum absolute atomic E-state index is 13.8. The van der Waals surface area contributed by atoms with Gasteiger partial charge in [-0.3, -0.25) is 4.79 Å². The highest BCUT2D eigenvalue weighted by Gasteiger charge is 2.68. The minimum atomic E-state index is -0.249. The molecule has 2 aliphatic carbocycles. The van der Waals surface area contributed by atoms with Gasteiger partial charge in [0.25, 0.3) is 0 Å². The summed E-state index contributed by atoms with van der Waals surface area (Å²) in [6.07, 6.45) is 10.7. The van der Waals surface area contributed by atoms with Gasteiger partial charge < -0.3 is 0 Å². The van der Waals surface area contributed by atoms with Crippen molar-refractivity contribution in [3.05, 3.63) is 41.5 Å². The van der Waals surface area contributed by atoms with Gasteiger partial charge in [0, 0.05) is 5.92 Å². The molecule has 0 heterocycles. The zero-order chi connectivity index (χ0) is 19.7. The van der Waals surface area contributed by atoms with Crippen molar-refractivity contribution >= 4 is 11.9 Å². The molecular formula is C26H38O. The number of hydrogen-bond acceptors (Lipinski definition) is 1. The van der Waals surface area contributed by atoms with E-state index in [0.29, 0.717) is 17.6 Å². The van der Waals surface area contributed by atoms with Crippen LogP contribution in [-0.2, 0) is 4.79 Å². The molecule has 0 N–H and O–H groups in total. The lowest BCUT2D eigenvalue weighted by Gasteiger charge is -2.37. The summed E-state index contributed by atoms with van der Waals surface area (Å²) in [7, 11) is 0. The van der Waals surface area contributed by atoms with E-state index < -0.39 is 0 Å². The standard InChI is InChI=1S/C26H38O/c1-6-8-12-20(7-2)18-22-23-15-16-26(24(22)27,25(23,4)5)19(3)17-21-13-10-9-11-14-21/h9-11,13-14,17,20,22-23H,6-8,12,15-16,18H2,1-5H3. The highest BCUT2D eigenvalue weighted by atomic mass is 16.1. The molecule has 0 saturated heterocycles. The van der Waals surface area contributed by atoms with Crippen LogP contribution in [0, 0.1) is 28.6 Å². The van der Waals surface area contributed by atoms with Crippen molar-refractivity contribution in [2.24, 2.45) is 28.6 Å². The molecule has 4 unspecified atom stereocenters. The van der Waals surface area contributed by atoms with E-state index in [-0.39, 0.29) is 16.7 Å². The van der Waals surface area contributed by atoms with E-state index in [1.807, 2.05) is 0 Å². The molecule has 0 radical (unpaired) electrons. The first-order chi connectivity index (χ1) is 12.9. The molecule has 1 aromatic rings.